The molecule has 3 atom stereocenters. The maximum atomic E-state index is 12.9. The minimum absolute atomic E-state index is 0.0548. The number of nitrogens with one attached hydrogen (secondary N) is 1. The van der Waals surface area contributed by atoms with E-state index in [0.717, 1.165) is 11.3 Å². The van der Waals surface area contributed by atoms with Gasteiger partial charge in [0.2, 0.25) is 5.91 Å². The van der Waals surface area contributed by atoms with E-state index in [1.54, 1.807) is 11.3 Å². The van der Waals surface area contributed by atoms with E-state index < -0.39 is 5.41 Å². The van der Waals surface area contributed by atoms with Gasteiger partial charge in [-0.3, -0.25) is 15.0 Å². The molecule has 4 nitrogen and oxygen atoms in total. The average molecular weight is 278 g/mol. The lowest BCUT2D eigenvalue weighted by atomic mass is 9.68. The summed E-state index contributed by atoms with van der Waals surface area (Å²) in [5, 5.41) is 1.98. The van der Waals surface area contributed by atoms with Crippen LogP contribution in [0.2, 0.25) is 0 Å². The lowest BCUT2D eigenvalue weighted by Crippen LogP contribution is -2.52. The Kier molecular flexibility index (Phi) is 2.63. The molecule has 1 heterocycles. The van der Waals surface area contributed by atoms with E-state index in [0.29, 0.717) is 6.42 Å². The van der Waals surface area contributed by atoms with Crippen molar-refractivity contribution in [1.82, 2.24) is 5.43 Å². The number of Topliss-reactive ketones (excluding diaryl/α,β-unsaturated/α-hetero) is 1. The Labute approximate surface area is 116 Å². The maximum absolute atomic E-state index is 12.9. The molecular formula is C14H18N2O2S. The largest absolute Gasteiger partial charge is 0.298 e. The van der Waals surface area contributed by atoms with Crippen LogP contribution in [0.4, 0.5) is 0 Å². The molecule has 2 aliphatic rings. The Morgan fingerprint density at radius 3 is 2.84 bits per heavy atom. The van der Waals surface area contributed by atoms with Gasteiger partial charge in [0, 0.05) is 4.88 Å². The zero-order valence-corrected chi connectivity index (χ0v) is 11.9. The number of hydrogen-bond donors (Lipinski definition) is 2. The molecule has 102 valence electrons. The first kappa shape index (κ1) is 12.8. The molecule has 1 aromatic heterocycles. The molecule has 1 amide bonds. The van der Waals surface area contributed by atoms with E-state index in [9.17, 15) is 9.59 Å². The van der Waals surface area contributed by atoms with Gasteiger partial charge < -0.3 is 0 Å². The van der Waals surface area contributed by atoms with E-state index in [4.69, 9.17) is 5.84 Å². The highest BCUT2D eigenvalue weighted by Crippen LogP contribution is 2.68. The van der Waals surface area contributed by atoms with Crippen molar-refractivity contribution in [1.29, 1.82) is 0 Å². The SMILES string of the molecule is CC1(C)C2CCC1(C(=O)NN)C(=O)C2c1cccs1. The number of ketones is 1. The van der Waals surface area contributed by atoms with Gasteiger partial charge in [0.15, 0.2) is 5.78 Å². The number of amides is 1. The molecule has 3 N–H and O–H groups in total. The Hall–Kier alpha value is -1.20. The van der Waals surface area contributed by atoms with Gasteiger partial charge in [0.05, 0.1) is 5.92 Å². The summed E-state index contributed by atoms with van der Waals surface area (Å²) in [5.74, 6) is 5.16. The minimum Gasteiger partial charge on any atom is -0.298 e. The Morgan fingerprint density at radius 1 is 1.53 bits per heavy atom. The predicted octanol–water partition coefficient (Wildman–Crippen LogP) is 1.83. The molecule has 0 aromatic carbocycles. The van der Waals surface area contributed by atoms with Crippen LogP contribution >= 0.6 is 11.3 Å². The van der Waals surface area contributed by atoms with Gasteiger partial charge in [0.1, 0.15) is 5.41 Å². The van der Waals surface area contributed by atoms with Gasteiger partial charge >= 0.3 is 0 Å². The molecule has 2 aliphatic carbocycles. The van der Waals surface area contributed by atoms with Crippen molar-refractivity contribution in [3.8, 4) is 0 Å². The molecule has 2 saturated carbocycles. The first-order valence-electron chi connectivity index (χ1n) is 6.55. The van der Waals surface area contributed by atoms with Gasteiger partial charge in [-0.05, 0) is 35.6 Å². The van der Waals surface area contributed by atoms with Crippen LogP contribution in [0.3, 0.4) is 0 Å². The molecular weight excluding hydrogens is 260 g/mol. The quantitative estimate of drug-likeness (QED) is 0.375. The van der Waals surface area contributed by atoms with Gasteiger partial charge in [-0.1, -0.05) is 19.9 Å². The van der Waals surface area contributed by atoms with Crippen molar-refractivity contribution in [2.75, 3.05) is 0 Å². The molecule has 0 aliphatic heterocycles. The molecule has 3 rings (SSSR count). The Morgan fingerprint density at radius 2 is 2.26 bits per heavy atom. The van der Waals surface area contributed by atoms with Crippen LogP contribution in [0, 0.1) is 16.7 Å². The summed E-state index contributed by atoms with van der Waals surface area (Å²) in [5.41, 5.74) is 0.946. The van der Waals surface area contributed by atoms with Crippen molar-refractivity contribution in [2.24, 2.45) is 22.6 Å². The Bertz CT molecular complexity index is 538. The fourth-order valence-electron chi connectivity index (χ4n) is 4.28. The van der Waals surface area contributed by atoms with Crippen molar-refractivity contribution in [2.45, 2.75) is 32.6 Å². The zero-order valence-electron chi connectivity index (χ0n) is 11.1. The summed E-state index contributed by atoms with van der Waals surface area (Å²) >= 11 is 1.60. The van der Waals surface area contributed by atoms with E-state index in [-0.39, 0.29) is 28.9 Å². The van der Waals surface area contributed by atoms with E-state index in [1.807, 2.05) is 31.4 Å². The van der Waals surface area contributed by atoms with Crippen LogP contribution in [0.25, 0.3) is 0 Å². The molecule has 0 saturated heterocycles. The van der Waals surface area contributed by atoms with Crippen LogP contribution in [0.1, 0.15) is 37.5 Å². The van der Waals surface area contributed by atoms with Crippen molar-refractivity contribution in [3.63, 3.8) is 0 Å². The molecule has 2 fully saturated rings. The monoisotopic (exact) mass is 278 g/mol. The number of thiophene rings is 1. The highest BCUT2D eigenvalue weighted by Gasteiger charge is 2.72. The fraction of sp³-hybridized carbons (Fsp3) is 0.571. The first-order valence-corrected chi connectivity index (χ1v) is 7.43. The number of carbonyl (C=O) groups is 2. The third kappa shape index (κ3) is 1.32. The number of carbonyl (C=O) groups excluding carboxylic acids is 2. The molecule has 1 aromatic rings. The minimum atomic E-state index is -0.943. The maximum Gasteiger partial charge on any atom is 0.248 e. The number of hydrogen-bond acceptors (Lipinski definition) is 4. The second kappa shape index (κ2) is 3.90. The molecule has 2 bridgehead atoms. The predicted molar refractivity (Wildman–Crippen MR) is 73.3 cm³/mol. The fourth-order valence-corrected chi connectivity index (χ4v) is 5.17. The second-order valence-corrected chi connectivity index (χ2v) is 7.08. The molecule has 5 heteroatoms. The second-order valence-electron chi connectivity index (χ2n) is 6.10. The van der Waals surface area contributed by atoms with E-state index in [1.165, 1.54) is 0 Å². The zero-order chi connectivity index (χ0) is 13.8. The number of nitrogens with two attached hydrogens (primary N) is 1. The van der Waals surface area contributed by atoms with Crippen molar-refractivity contribution < 1.29 is 9.59 Å². The van der Waals surface area contributed by atoms with Gasteiger partial charge in [-0.25, -0.2) is 5.84 Å². The lowest BCUT2D eigenvalue weighted by Gasteiger charge is -2.33. The standard InChI is InChI=1S/C14H18N2O2S/c1-13(2)8-5-6-14(13,12(18)16-15)11(17)10(8)9-4-3-7-19-9/h3-4,7-8,10H,5-6,15H2,1-2H3,(H,16,18). The third-order valence-electron chi connectivity index (χ3n) is 5.33. The normalized spacial score (nSPS) is 35.6. The average Bonchev–Trinajstić information content (AvgIpc) is 3.02. The summed E-state index contributed by atoms with van der Waals surface area (Å²) in [6, 6.07) is 3.96. The molecule has 3 unspecified atom stereocenters. The van der Waals surface area contributed by atoms with Crippen LogP contribution in [-0.4, -0.2) is 11.7 Å². The molecule has 0 spiro atoms. The van der Waals surface area contributed by atoms with Crippen molar-refractivity contribution in [3.05, 3.63) is 22.4 Å². The highest BCUT2D eigenvalue weighted by atomic mass is 32.1. The van der Waals surface area contributed by atoms with Crippen LogP contribution in [0.5, 0.6) is 0 Å². The number of fused-ring (bicyclic) bond motifs is 2. The number of rotatable bonds is 2. The van der Waals surface area contributed by atoms with Crippen LogP contribution in [-0.2, 0) is 9.59 Å². The summed E-state index contributed by atoms with van der Waals surface area (Å²) in [4.78, 5) is 26.3. The van der Waals surface area contributed by atoms with E-state index in [2.05, 4.69) is 5.43 Å². The number of hydrazine groups is 1. The van der Waals surface area contributed by atoms with Gasteiger partial charge in [-0.2, -0.15) is 0 Å². The van der Waals surface area contributed by atoms with E-state index >= 15 is 0 Å². The van der Waals surface area contributed by atoms with Gasteiger partial charge in [-0.15, -0.1) is 11.3 Å². The van der Waals surface area contributed by atoms with Crippen LogP contribution in [0.15, 0.2) is 17.5 Å². The van der Waals surface area contributed by atoms with Crippen LogP contribution < -0.4 is 11.3 Å². The summed E-state index contributed by atoms with van der Waals surface area (Å²) in [6.45, 7) is 4.07. The molecule has 0 radical (unpaired) electrons. The summed E-state index contributed by atoms with van der Waals surface area (Å²) < 4.78 is 0. The Balaban J connectivity index is 2.12. The topological polar surface area (TPSA) is 72.2 Å². The highest BCUT2D eigenvalue weighted by molar-refractivity contribution is 7.10. The lowest BCUT2D eigenvalue weighted by molar-refractivity contribution is -0.145. The smallest absolute Gasteiger partial charge is 0.248 e. The van der Waals surface area contributed by atoms with Gasteiger partial charge in [0.25, 0.3) is 0 Å². The summed E-state index contributed by atoms with van der Waals surface area (Å²) in [7, 11) is 0. The first-order chi connectivity index (χ1) is 8.96. The van der Waals surface area contributed by atoms with Crippen molar-refractivity contribution >= 4 is 23.0 Å². The third-order valence-corrected chi connectivity index (χ3v) is 6.29. The molecule has 19 heavy (non-hydrogen) atoms. The summed E-state index contributed by atoms with van der Waals surface area (Å²) in [6.07, 6.45) is 1.53.